The molecule has 0 radical (unpaired) electrons. The lowest BCUT2D eigenvalue weighted by Crippen LogP contribution is -2.29. The van der Waals surface area contributed by atoms with Gasteiger partial charge in [0.05, 0.1) is 13.3 Å². The van der Waals surface area contributed by atoms with Crippen LogP contribution in [0.1, 0.15) is 30.2 Å². The normalized spacial score (nSPS) is 12.3. The highest BCUT2D eigenvalue weighted by molar-refractivity contribution is 5.27. The largest absolute Gasteiger partial charge is 0.497 e. The lowest BCUT2D eigenvalue weighted by Gasteiger charge is -2.14. The van der Waals surface area contributed by atoms with E-state index in [1.807, 2.05) is 18.3 Å². The molecule has 1 atom stereocenters. The highest BCUT2D eigenvalue weighted by Crippen LogP contribution is 2.12. The maximum atomic E-state index is 5.18. The van der Waals surface area contributed by atoms with E-state index in [1.54, 1.807) is 7.11 Å². The predicted molar refractivity (Wildman–Crippen MR) is 85.8 cm³/mol. The first-order valence-corrected chi connectivity index (χ1v) is 7.54. The molecule has 0 saturated carbocycles. The Morgan fingerprint density at radius 1 is 1.29 bits per heavy atom. The Kier molecular flexibility index (Phi) is 5.81. The fraction of sp³-hybridized carbons (Fsp3) is 0.471. The number of methoxy groups -OCH3 is 1. The maximum Gasteiger partial charge on any atom is 0.118 e. The molecule has 4 nitrogen and oxygen atoms in total. The van der Waals surface area contributed by atoms with E-state index in [1.165, 1.54) is 16.8 Å². The molecule has 0 spiro atoms. The first kappa shape index (κ1) is 15.6. The van der Waals surface area contributed by atoms with Gasteiger partial charge in [0.15, 0.2) is 0 Å². The van der Waals surface area contributed by atoms with Gasteiger partial charge in [-0.2, -0.15) is 5.10 Å². The zero-order valence-electron chi connectivity index (χ0n) is 13.1. The topological polar surface area (TPSA) is 49.9 Å². The smallest absolute Gasteiger partial charge is 0.118 e. The highest BCUT2D eigenvalue weighted by Gasteiger charge is 2.04. The van der Waals surface area contributed by atoms with Crippen LogP contribution in [0.15, 0.2) is 30.5 Å². The molecular weight excluding hydrogens is 262 g/mol. The highest BCUT2D eigenvalue weighted by atomic mass is 16.5. The van der Waals surface area contributed by atoms with Gasteiger partial charge in [-0.05, 0) is 62.9 Å². The van der Waals surface area contributed by atoms with Crippen LogP contribution >= 0.6 is 0 Å². The minimum absolute atomic E-state index is 0.476. The molecule has 114 valence electrons. The number of aromatic amines is 1. The van der Waals surface area contributed by atoms with E-state index in [4.69, 9.17) is 4.74 Å². The third-order valence-electron chi connectivity index (χ3n) is 3.75. The summed E-state index contributed by atoms with van der Waals surface area (Å²) in [5, 5.41) is 10.6. The van der Waals surface area contributed by atoms with Gasteiger partial charge < -0.3 is 10.1 Å². The van der Waals surface area contributed by atoms with Crippen molar-refractivity contribution >= 4 is 0 Å². The lowest BCUT2D eigenvalue weighted by molar-refractivity contribution is 0.414. The number of aryl methyl sites for hydroxylation is 2. The van der Waals surface area contributed by atoms with Crippen molar-refractivity contribution in [1.29, 1.82) is 0 Å². The second-order valence-corrected chi connectivity index (χ2v) is 5.53. The van der Waals surface area contributed by atoms with E-state index in [-0.39, 0.29) is 0 Å². The van der Waals surface area contributed by atoms with Crippen LogP contribution in [0.5, 0.6) is 5.75 Å². The van der Waals surface area contributed by atoms with Crippen molar-refractivity contribution in [3.63, 3.8) is 0 Å². The molecule has 0 amide bonds. The molecule has 2 rings (SSSR count). The minimum Gasteiger partial charge on any atom is -0.497 e. The molecule has 1 aromatic heterocycles. The molecule has 0 fully saturated rings. The average molecular weight is 287 g/mol. The summed E-state index contributed by atoms with van der Waals surface area (Å²) in [5.74, 6) is 0.912. The summed E-state index contributed by atoms with van der Waals surface area (Å²) >= 11 is 0. The molecule has 4 heteroatoms. The summed E-state index contributed by atoms with van der Waals surface area (Å²) in [4.78, 5) is 0. The molecule has 1 aromatic carbocycles. The van der Waals surface area contributed by atoms with Gasteiger partial charge in [-0.15, -0.1) is 0 Å². The van der Waals surface area contributed by atoms with Gasteiger partial charge in [0.25, 0.3) is 0 Å². The van der Waals surface area contributed by atoms with Crippen molar-refractivity contribution in [3.05, 3.63) is 47.3 Å². The summed E-state index contributed by atoms with van der Waals surface area (Å²) in [7, 11) is 1.70. The van der Waals surface area contributed by atoms with E-state index < -0.39 is 0 Å². The molecule has 2 aromatic rings. The van der Waals surface area contributed by atoms with Crippen LogP contribution in [0.25, 0.3) is 0 Å². The number of nitrogens with one attached hydrogen (secondary N) is 2. The number of nitrogens with zero attached hydrogens (tertiary/aromatic N) is 1. The SMILES string of the molecule is COc1ccc(CC(C)NCCCc2cn[nH]c2C)cc1. The van der Waals surface area contributed by atoms with Gasteiger partial charge in [0, 0.05) is 11.7 Å². The van der Waals surface area contributed by atoms with Crippen LogP contribution in [-0.2, 0) is 12.8 Å². The number of hydrogen-bond acceptors (Lipinski definition) is 3. The van der Waals surface area contributed by atoms with Gasteiger partial charge in [0.1, 0.15) is 5.75 Å². The standard InChI is InChI=1S/C17H25N3O/c1-13(11-15-6-8-17(21-3)9-7-15)18-10-4-5-16-12-19-20-14(16)2/h6-9,12-13,18H,4-5,10-11H2,1-3H3,(H,19,20). The summed E-state index contributed by atoms with van der Waals surface area (Å²) in [6, 6.07) is 8.77. The van der Waals surface area contributed by atoms with Crippen LogP contribution in [0, 0.1) is 6.92 Å². The van der Waals surface area contributed by atoms with Gasteiger partial charge >= 0.3 is 0 Å². The van der Waals surface area contributed by atoms with E-state index in [2.05, 4.69) is 41.5 Å². The van der Waals surface area contributed by atoms with E-state index in [0.717, 1.165) is 31.6 Å². The molecule has 1 unspecified atom stereocenters. The van der Waals surface area contributed by atoms with Crippen LogP contribution < -0.4 is 10.1 Å². The zero-order valence-corrected chi connectivity index (χ0v) is 13.1. The van der Waals surface area contributed by atoms with Gasteiger partial charge in [-0.3, -0.25) is 5.10 Å². The maximum absolute atomic E-state index is 5.18. The Morgan fingerprint density at radius 2 is 2.05 bits per heavy atom. The summed E-state index contributed by atoms with van der Waals surface area (Å²) in [6.45, 7) is 5.33. The summed E-state index contributed by atoms with van der Waals surface area (Å²) in [6.07, 6.45) is 5.17. The molecule has 2 N–H and O–H groups in total. The first-order valence-electron chi connectivity index (χ1n) is 7.54. The molecular formula is C17H25N3O. The van der Waals surface area contributed by atoms with E-state index in [0.29, 0.717) is 6.04 Å². The number of aromatic nitrogens is 2. The number of ether oxygens (including phenoxy) is 1. The average Bonchev–Trinajstić information content (AvgIpc) is 2.90. The number of rotatable bonds is 8. The number of hydrogen-bond donors (Lipinski definition) is 2. The molecule has 0 bridgehead atoms. The van der Waals surface area contributed by atoms with E-state index in [9.17, 15) is 0 Å². The molecule has 21 heavy (non-hydrogen) atoms. The fourth-order valence-electron chi connectivity index (χ4n) is 2.44. The van der Waals surface area contributed by atoms with Crippen molar-refractivity contribution in [2.24, 2.45) is 0 Å². The Labute approximate surface area is 126 Å². The van der Waals surface area contributed by atoms with Crippen molar-refractivity contribution in [1.82, 2.24) is 15.5 Å². The second-order valence-electron chi connectivity index (χ2n) is 5.53. The monoisotopic (exact) mass is 287 g/mol. The van der Waals surface area contributed by atoms with Crippen molar-refractivity contribution in [2.75, 3.05) is 13.7 Å². The Morgan fingerprint density at radius 3 is 2.67 bits per heavy atom. The molecule has 0 aliphatic carbocycles. The Balaban J connectivity index is 1.67. The predicted octanol–water partition coefficient (Wildman–Crippen LogP) is 2.88. The third-order valence-corrected chi connectivity index (χ3v) is 3.75. The molecule has 0 aliphatic heterocycles. The zero-order chi connectivity index (χ0) is 15.1. The Hall–Kier alpha value is -1.81. The van der Waals surface area contributed by atoms with E-state index >= 15 is 0 Å². The van der Waals surface area contributed by atoms with Crippen molar-refractivity contribution in [3.8, 4) is 5.75 Å². The van der Waals surface area contributed by atoms with Crippen molar-refractivity contribution < 1.29 is 4.74 Å². The second kappa shape index (κ2) is 7.84. The summed E-state index contributed by atoms with van der Waals surface area (Å²) < 4.78 is 5.18. The minimum atomic E-state index is 0.476. The first-order chi connectivity index (χ1) is 10.2. The Bertz CT molecular complexity index is 533. The number of benzene rings is 1. The van der Waals surface area contributed by atoms with Crippen molar-refractivity contribution in [2.45, 2.75) is 39.2 Å². The van der Waals surface area contributed by atoms with Crippen LogP contribution in [-0.4, -0.2) is 29.9 Å². The lowest BCUT2D eigenvalue weighted by atomic mass is 10.1. The van der Waals surface area contributed by atoms with Gasteiger partial charge in [0.2, 0.25) is 0 Å². The molecule has 1 heterocycles. The van der Waals surface area contributed by atoms with Crippen LogP contribution in [0.3, 0.4) is 0 Å². The van der Waals surface area contributed by atoms with Gasteiger partial charge in [-0.1, -0.05) is 12.1 Å². The fourth-order valence-corrected chi connectivity index (χ4v) is 2.44. The molecule has 0 aliphatic rings. The van der Waals surface area contributed by atoms with Crippen LogP contribution in [0.2, 0.25) is 0 Å². The summed E-state index contributed by atoms with van der Waals surface area (Å²) in [5.41, 5.74) is 3.84. The van der Waals surface area contributed by atoms with Crippen LogP contribution in [0.4, 0.5) is 0 Å². The quantitative estimate of drug-likeness (QED) is 0.734. The molecule has 0 saturated heterocycles. The number of H-pyrrole nitrogens is 1. The van der Waals surface area contributed by atoms with Gasteiger partial charge in [-0.25, -0.2) is 0 Å². The third kappa shape index (κ3) is 4.90.